The Labute approximate surface area is 100 Å². The average molecular weight is 225 g/mol. The minimum atomic E-state index is 0.571. The average Bonchev–Trinajstić information content (AvgIpc) is 2.83. The van der Waals surface area contributed by atoms with E-state index in [0.29, 0.717) is 6.10 Å². The largest absolute Gasteiger partial charge is 0.377 e. The van der Waals surface area contributed by atoms with Crippen LogP contribution in [0.2, 0.25) is 0 Å². The summed E-state index contributed by atoms with van der Waals surface area (Å²) >= 11 is 0. The molecule has 0 aliphatic heterocycles. The van der Waals surface area contributed by atoms with Gasteiger partial charge in [-0.25, -0.2) is 0 Å². The highest BCUT2D eigenvalue weighted by molar-refractivity contribution is 4.69. The SMILES string of the molecule is C1CCC(OCCNCC2CCCC2)CC1. The normalized spacial score (nSPS) is 24.0. The topological polar surface area (TPSA) is 21.3 Å². The fraction of sp³-hybridized carbons (Fsp3) is 1.00. The molecule has 0 aromatic carbocycles. The van der Waals surface area contributed by atoms with Crippen molar-refractivity contribution in [3.8, 4) is 0 Å². The molecule has 1 N–H and O–H groups in total. The lowest BCUT2D eigenvalue weighted by molar-refractivity contribution is 0.0301. The van der Waals surface area contributed by atoms with Crippen molar-refractivity contribution in [1.82, 2.24) is 5.32 Å². The molecule has 16 heavy (non-hydrogen) atoms. The minimum Gasteiger partial charge on any atom is -0.377 e. The van der Waals surface area contributed by atoms with Crippen molar-refractivity contribution in [2.75, 3.05) is 19.7 Å². The van der Waals surface area contributed by atoms with Gasteiger partial charge in [-0.3, -0.25) is 0 Å². The van der Waals surface area contributed by atoms with E-state index in [1.807, 2.05) is 0 Å². The Morgan fingerprint density at radius 2 is 1.56 bits per heavy atom. The van der Waals surface area contributed by atoms with Crippen molar-refractivity contribution in [1.29, 1.82) is 0 Å². The third-order valence-corrected chi connectivity index (χ3v) is 4.09. The van der Waals surface area contributed by atoms with E-state index < -0.39 is 0 Å². The van der Waals surface area contributed by atoms with Gasteiger partial charge in [0, 0.05) is 6.54 Å². The maximum Gasteiger partial charge on any atom is 0.0594 e. The maximum absolute atomic E-state index is 5.89. The molecule has 0 atom stereocenters. The summed E-state index contributed by atoms with van der Waals surface area (Å²) in [5.74, 6) is 0.953. The van der Waals surface area contributed by atoms with Crippen LogP contribution in [0.25, 0.3) is 0 Å². The van der Waals surface area contributed by atoms with Gasteiger partial charge >= 0.3 is 0 Å². The van der Waals surface area contributed by atoms with Crippen molar-refractivity contribution in [2.45, 2.75) is 63.9 Å². The molecule has 0 unspecified atom stereocenters. The van der Waals surface area contributed by atoms with Crippen LogP contribution in [0.3, 0.4) is 0 Å². The Balaban J connectivity index is 1.42. The van der Waals surface area contributed by atoms with E-state index in [2.05, 4.69) is 5.32 Å². The highest BCUT2D eigenvalue weighted by Gasteiger charge is 2.15. The molecular weight excluding hydrogens is 198 g/mol. The zero-order valence-electron chi connectivity index (χ0n) is 10.5. The molecule has 2 saturated carbocycles. The van der Waals surface area contributed by atoms with Crippen LogP contribution in [-0.2, 0) is 4.74 Å². The standard InChI is InChI=1S/C14H27NO/c1-2-8-14(9-3-1)16-11-10-15-12-13-6-4-5-7-13/h13-15H,1-12H2. The van der Waals surface area contributed by atoms with Crippen molar-refractivity contribution in [3.63, 3.8) is 0 Å². The van der Waals surface area contributed by atoms with E-state index in [9.17, 15) is 0 Å². The van der Waals surface area contributed by atoms with Crippen LogP contribution in [-0.4, -0.2) is 25.8 Å². The van der Waals surface area contributed by atoms with Gasteiger partial charge in [-0.1, -0.05) is 32.1 Å². The second-order valence-corrected chi connectivity index (χ2v) is 5.49. The Morgan fingerprint density at radius 1 is 0.875 bits per heavy atom. The highest BCUT2D eigenvalue weighted by atomic mass is 16.5. The van der Waals surface area contributed by atoms with Gasteiger partial charge in [-0.2, -0.15) is 0 Å². The minimum absolute atomic E-state index is 0.571. The Bertz CT molecular complexity index is 172. The molecule has 0 aromatic rings. The monoisotopic (exact) mass is 225 g/mol. The highest BCUT2D eigenvalue weighted by Crippen LogP contribution is 2.23. The van der Waals surface area contributed by atoms with Gasteiger partial charge in [0.1, 0.15) is 0 Å². The fourth-order valence-electron chi connectivity index (χ4n) is 3.05. The van der Waals surface area contributed by atoms with Gasteiger partial charge < -0.3 is 10.1 Å². The van der Waals surface area contributed by atoms with Crippen LogP contribution in [0.5, 0.6) is 0 Å². The molecule has 94 valence electrons. The van der Waals surface area contributed by atoms with E-state index >= 15 is 0 Å². The van der Waals surface area contributed by atoms with Crippen molar-refractivity contribution in [3.05, 3.63) is 0 Å². The zero-order chi connectivity index (χ0) is 11.1. The van der Waals surface area contributed by atoms with Crippen LogP contribution in [0, 0.1) is 5.92 Å². The lowest BCUT2D eigenvalue weighted by Gasteiger charge is -2.22. The van der Waals surface area contributed by atoms with Crippen LogP contribution >= 0.6 is 0 Å². The third kappa shape index (κ3) is 4.42. The van der Waals surface area contributed by atoms with E-state index in [-0.39, 0.29) is 0 Å². The summed E-state index contributed by atoms with van der Waals surface area (Å²) in [6.45, 7) is 3.18. The number of hydrogen-bond donors (Lipinski definition) is 1. The first-order valence-electron chi connectivity index (χ1n) is 7.27. The maximum atomic E-state index is 5.89. The van der Waals surface area contributed by atoms with E-state index in [1.165, 1.54) is 64.3 Å². The molecule has 0 amide bonds. The van der Waals surface area contributed by atoms with E-state index in [4.69, 9.17) is 4.74 Å². The van der Waals surface area contributed by atoms with Crippen LogP contribution < -0.4 is 5.32 Å². The van der Waals surface area contributed by atoms with Gasteiger partial charge in [0.05, 0.1) is 12.7 Å². The quantitative estimate of drug-likeness (QED) is 0.701. The van der Waals surface area contributed by atoms with Crippen LogP contribution in [0.4, 0.5) is 0 Å². The first kappa shape index (κ1) is 12.4. The summed E-state index contributed by atoms with van der Waals surface area (Å²) in [6.07, 6.45) is 13.1. The second-order valence-electron chi connectivity index (χ2n) is 5.49. The molecule has 2 aliphatic carbocycles. The molecule has 2 aliphatic rings. The molecule has 0 radical (unpaired) electrons. The van der Waals surface area contributed by atoms with Crippen LogP contribution in [0.15, 0.2) is 0 Å². The van der Waals surface area contributed by atoms with Gasteiger partial charge in [-0.15, -0.1) is 0 Å². The first-order valence-corrected chi connectivity index (χ1v) is 7.27. The Hall–Kier alpha value is -0.0800. The molecule has 0 saturated heterocycles. The molecule has 2 fully saturated rings. The number of hydrogen-bond acceptors (Lipinski definition) is 2. The molecule has 0 heterocycles. The van der Waals surface area contributed by atoms with Gasteiger partial charge in [0.15, 0.2) is 0 Å². The summed E-state index contributed by atoms with van der Waals surface area (Å²) < 4.78 is 5.89. The summed E-state index contributed by atoms with van der Waals surface area (Å²) in [4.78, 5) is 0. The summed E-state index contributed by atoms with van der Waals surface area (Å²) in [5.41, 5.74) is 0. The second kappa shape index (κ2) is 7.29. The predicted octanol–water partition coefficient (Wildman–Crippen LogP) is 3.12. The van der Waals surface area contributed by atoms with Crippen molar-refractivity contribution >= 4 is 0 Å². The predicted molar refractivity (Wildman–Crippen MR) is 67.7 cm³/mol. The third-order valence-electron chi connectivity index (χ3n) is 4.09. The van der Waals surface area contributed by atoms with E-state index in [0.717, 1.165) is 19.1 Å². The van der Waals surface area contributed by atoms with Crippen molar-refractivity contribution in [2.24, 2.45) is 5.92 Å². The van der Waals surface area contributed by atoms with Gasteiger partial charge in [0.25, 0.3) is 0 Å². The number of nitrogens with one attached hydrogen (secondary N) is 1. The van der Waals surface area contributed by atoms with Crippen LogP contribution in [0.1, 0.15) is 57.8 Å². The summed E-state index contributed by atoms with van der Waals surface area (Å²) in [6, 6.07) is 0. The molecule has 0 bridgehead atoms. The smallest absolute Gasteiger partial charge is 0.0594 e. The lowest BCUT2D eigenvalue weighted by Crippen LogP contribution is -2.27. The first-order chi connectivity index (χ1) is 7.95. The van der Waals surface area contributed by atoms with E-state index in [1.54, 1.807) is 0 Å². The van der Waals surface area contributed by atoms with Gasteiger partial charge in [0.2, 0.25) is 0 Å². The molecule has 0 aromatic heterocycles. The molecular formula is C14H27NO. The lowest BCUT2D eigenvalue weighted by atomic mass is 9.98. The number of ether oxygens (including phenoxy) is 1. The Morgan fingerprint density at radius 3 is 2.31 bits per heavy atom. The fourth-order valence-corrected chi connectivity index (χ4v) is 3.05. The summed E-state index contributed by atoms with van der Waals surface area (Å²) in [5, 5.41) is 3.54. The Kier molecular flexibility index (Phi) is 5.64. The molecule has 2 rings (SSSR count). The van der Waals surface area contributed by atoms with Crippen molar-refractivity contribution < 1.29 is 4.74 Å². The number of rotatable bonds is 6. The molecule has 2 nitrogen and oxygen atoms in total. The molecule has 0 spiro atoms. The summed E-state index contributed by atoms with van der Waals surface area (Å²) in [7, 11) is 0. The van der Waals surface area contributed by atoms with Gasteiger partial charge in [-0.05, 0) is 38.1 Å². The zero-order valence-corrected chi connectivity index (χ0v) is 10.5. The molecule has 2 heteroatoms.